The topological polar surface area (TPSA) is 53.7 Å². The number of rotatable bonds is 5. The van der Waals surface area contributed by atoms with E-state index in [1.807, 2.05) is 36.4 Å². The third-order valence-electron chi connectivity index (χ3n) is 3.24. The van der Waals surface area contributed by atoms with Crippen molar-refractivity contribution in [3.8, 4) is 17.2 Å². The smallest absolute Gasteiger partial charge is 0.164 e. The maximum Gasteiger partial charge on any atom is 0.164 e. The van der Waals surface area contributed by atoms with Crippen LogP contribution in [0.5, 0.6) is 17.2 Å². The Bertz CT molecular complexity index is 596. The summed E-state index contributed by atoms with van der Waals surface area (Å²) in [6, 6.07) is 11.6. The molecule has 0 amide bonds. The number of methoxy groups -OCH3 is 3. The van der Waals surface area contributed by atoms with Gasteiger partial charge in [-0.15, -0.1) is 0 Å². The highest BCUT2D eigenvalue weighted by Gasteiger charge is 2.12. The van der Waals surface area contributed by atoms with E-state index in [9.17, 15) is 0 Å². The van der Waals surface area contributed by atoms with Gasteiger partial charge in [-0.2, -0.15) is 0 Å². The molecule has 20 heavy (non-hydrogen) atoms. The van der Waals surface area contributed by atoms with Gasteiger partial charge in [0.25, 0.3) is 0 Å². The summed E-state index contributed by atoms with van der Waals surface area (Å²) in [4.78, 5) is 0. The molecule has 0 bridgehead atoms. The lowest BCUT2D eigenvalue weighted by Gasteiger charge is -2.14. The van der Waals surface area contributed by atoms with Gasteiger partial charge in [0.2, 0.25) is 0 Å². The molecule has 0 heterocycles. The van der Waals surface area contributed by atoms with E-state index in [-0.39, 0.29) is 0 Å². The molecule has 2 rings (SSSR count). The van der Waals surface area contributed by atoms with E-state index >= 15 is 0 Å². The number of hydrogen-bond acceptors (Lipinski definition) is 4. The lowest BCUT2D eigenvalue weighted by atomic mass is 10.0. The van der Waals surface area contributed by atoms with Crippen LogP contribution in [0.2, 0.25) is 0 Å². The van der Waals surface area contributed by atoms with Crippen LogP contribution in [0, 0.1) is 0 Å². The lowest BCUT2D eigenvalue weighted by molar-refractivity contribution is 0.352. The Kier molecular flexibility index (Phi) is 4.35. The summed E-state index contributed by atoms with van der Waals surface area (Å²) in [6.07, 6.45) is 0.656. The molecule has 0 aliphatic carbocycles. The molecule has 4 nitrogen and oxygen atoms in total. The first-order valence-corrected chi connectivity index (χ1v) is 6.32. The molecular formula is C16H19NO3. The molecule has 106 valence electrons. The van der Waals surface area contributed by atoms with Crippen molar-refractivity contribution in [3.63, 3.8) is 0 Å². The number of anilines is 1. The highest BCUT2D eigenvalue weighted by Crippen LogP contribution is 2.34. The number of benzene rings is 2. The fraction of sp³-hybridized carbons (Fsp3) is 0.250. The number of nitrogen functional groups attached to an aromatic ring is 1. The Labute approximate surface area is 119 Å². The molecule has 4 heteroatoms. The molecule has 0 radical (unpaired) electrons. The third-order valence-corrected chi connectivity index (χ3v) is 3.24. The molecule has 2 N–H and O–H groups in total. The van der Waals surface area contributed by atoms with Gasteiger partial charge in [0.05, 0.1) is 27.0 Å². The van der Waals surface area contributed by atoms with Gasteiger partial charge in [-0.3, -0.25) is 0 Å². The molecule has 0 unspecified atom stereocenters. The minimum absolute atomic E-state index is 0.653. The number of ether oxygens (including phenoxy) is 3. The van der Waals surface area contributed by atoms with Crippen LogP contribution in [-0.2, 0) is 6.42 Å². The van der Waals surface area contributed by atoms with Crippen molar-refractivity contribution >= 4 is 5.69 Å². The van der Waals surface area contributed by atoms with E-state index in [0.717, 1.165) is 16.9 Å². The highest BCUT2D eigenvalue weighted by molar-refractivity contribution is 5.60. The Morgan fingerprint density at radius 1 is 0.800 bits per heavy atom. The van der Waals surface area contributed by atoms with Crippen LogP contribution >= 0.6 is 0 Å². The molecule has 2 aromatic rings. The zero-order valence-electron chi connectivity index (χ0n) is 12.0. The summed E-state index contributed by atoms with van der Waals surface area (Å²) in [5, 5.41) is 0. The predicted molar refractivity (Wildman–Crippen MR) is 79.8 cm³/mol. The van der Waals surface area contributed by atoms with Gasteiger partial charge in [0.1, 0.15) is 5.75 Å². The normalized spacial score (nSPS) is 10.2. The molecule has 0 saturated heterocycles. The molecular weight excluding hydrogens is 254 g/mol. The highest BCUT2D eigenvalue weighted by atomic mass is 16.5. The second-order valence-corrected chi connectivity index (χ2v) is 4.36. The van der Waals surface area contributed by atoms with Crippen molar-refractivity contribution in [2.75, 3.05) is 27.1 Å². The first-order chi connectivity index (χ1) is 9.71. The van der Waals surface area contributed by atoms with Crippen LogP contribution in [0.4, 0.5) is 5.69 Å². The monoisotopic (exact) mass is 273 g/mol. The fourth-order valence-electron chi connectivity index (χ4n) is 2.22. The van der Waals surface area contributed by atoms with Crippen LogP contribution in [0.15, 0.2) is 36.4 Å². The lowest BCUT2D eigenvalue weighted by Crippen LogP contribution is -2.01. The average molecular weight is 273 g/mol. The summed E-state index contributed by atoms with van der Waals surface area (Å²) >= 11 is 0. The van der Waals surface area contributed by atoms with Crippen LogP contribution in [0.3, 0.4) is 0 Å². The minimum Gasteiger partial charge on any atom is -0.495 e. The predicted octanol–water partition coefficient (Wildman–Crippen LogP) is 2.89. The molecule has 0 saturated carbocycles. The zero-order chi connectivity index (χ0) is 14.5. The van der Waals surface area contributed by atoms with Gasteiger partial charge in [-0.25, -0.2) is 0 Å². The largest absolute Gasteiger partial charge is 0.495 e. The summed E-state index contributed by atoms with van der Waals surface area (Å²) < 4.78 is 16.0. The summed E-state index contributed by atoms with van der Waals surface area (Å²) in [5.74, 6) is 2.13. The van der Waals surface area contributed by atoms with Gasteiger partial charge in [-0.05, 0) is 17.7 Å². The van der Waals surface area contributed by atoms with Crippen LogP contribution in [-0.4, -0.2) is 21.3 Å². The van der Waals surface area contributed by atoms with Crippen molar-refractivity contribution in [3.05, 3.63) is 47.5 Å². The molecule has 0 aliphatic heterocycles. The Morgan fingerprint density at radius 2 is 1.40 bits per heavy atom. The van der Waals surface area contributed by atoms with Crippen molar-refractivity contribution < 1.29 is 14.2 Å². The average Bonchev–Trinajstić information content (AvgIpc) is 2.49. The summed E-state index contributed by atoms with van der Waals surface area (Å²) in [5.41, 5.74) is 8.78. The maximum atomic E-state index is 6.11. The second kappa shape index (κ2) is 6.19. The van der Waals surface area contributed by atoms with Gasteiger partial charge in [0.15, 0.2) is 11.5 Å². The van der Waals surface area contributed by atoms with E-state index in [1.165, 1.54) is 0 Å². The third kappa shape index (κ3) is 2.64. The van der Waals surface area contributed by atoms with Gasteiger partial charge < -0.3 is 19.9 Å². The molecule has 0 spiro atoms. The maximum absolute atomic E-state index is 6.11. The van der Waals surface area contributed by atoms with Crippen LogP contribution in [0.25, 0.3) is 0 Å². The SMILES string of the molecule is COc1cccc(Cc2cccc(OC)c2OC)c1N. The quantitative estimate of drug-likeness (QED) is 0.851. The van der Waals surface area contributed by atoms with Crippen molar-refractivity contribution in [1.82, 2.24) is 0 Å². The van der Waals surface area contributed by atoms with Crippen LogP contribution in [0.1, 0.15) is 11.1 Å². The first kappa shape index (κ1) is 14.1. The first-order valence-electron chi connectivity index (χ1n) is 6.32. The summed E-state index contributed by atoms with van der Waals surface area (Å²) in [7, 11) is 4.87. The molecule has 2 aromatic carbocycles. The Morgan fingerprint density at radius 3 is 2.00 bits per heavy atom. The zero-order valence-corrected chi connectivity index (χ0v) is 12.0. The Balaban J connectivity index is 2.40. The van der Waals surface area contributed by atoms with Crippen molar-refractivity contribution in [2.24, 2.45) is 0 Å². The second-order valence-electron chi connectivity index (χ2n) is 4.36. The minimum atomic E-state index is 0.653. The van der Waals surface area contributed by atoms with E-state index in [4.69, 9.17) is 19.9 Å². The number of hydrogen-bond donors (Lipinski definition) is 1. The fourth-order valence-corrected chi connectivity index (χ4v) is 2.22. The van der Waals surface area contributed by atoms with E-state index in [2.05, 4.69) is 0 Å². The Hall–Kier alpha value is -2.36. The molecule has 0 aliphatic rings. The molecule has 0 fully saturated rings. The van der Waals surface area contributed by atoms with Crippen LogP contribution < -0.4 is 19.9 Å². The number of para-hydroxylation sites is 2. The standard InChI is InChI=1S/C16H19NO3/c1-18-13-8-4-6-11(15(13)17)10-12-7-5-9-14(19-2)16(12)20-3/h4-9H,10,17H2,1-3H3. The van der Waals surface area contributed by atoms with E-state index < -0.39 is 0 Å². The van der Waals surface area contributed by atoms with Crippen molar-refractivity contribution in [1.29, 1.82) is 0 Å². The van der Waals surface area contributed by atoms with E-state index in [0.29, 0.717) is 23.6 Å². The number of nitrogens with two attached hydrogens (primary N) is 1. The van der Waals surface area contributed by atoms with Crippen molar-refractivity contribution in [2.45, 2.75) is 6.42 Å². The van der Waals surface area contributed by atoms with Gasteiger partial charge in [0, 0.05) is 12.0 Å². The van der Waals surface area contributed by atoms with Gasteiger partial charge in [-0.1, -0.05) is 24.3 Å². The summed E-state index contributed by atoms with van der Waals surface area (Å²) in [6.45, 7) is 0. The van der Waals surface area contributed by atoms with Gasteiger partial charge >= 0.3 is 0 Å². The van der Waals surface area contributed by atoms with E-state index in [1.54, 1.807) is 21.3 Å². The molecule has 0 aromatic heterocycles. The molecule has 0 atom stereocenters.